The molecule has 0 N–H and O–H groups in total. The molecule has 0 aliphatic heterocycles. The molecule has 0 saturated carbocycles. The van der Waals surface area contributed by atoms with Gasteiger partial charge in [-0.1, -0.05) is 46.4 Å². The molecule has 0 amide bonds. The Bertz CT molecular complexity index is 229. The van der Waals surface area contributed by atoms with Crippen LogP contribution >= 0.6 is 14.8 Å². The second kappa shape index (κ2) is 5.53. The third-order valence-corrected chi connectivity index (χ3v) is 8.10. The second-order valence-electron chi connectivity index (χ2n) is 5.62. The van der Waals surface area contributed by atoms with E-state index in [-0.39, 0.29) is 7.92 Å². The predicted molar refractivity (Wildman–Crippen MR) is 77.1 cm³/mol. The molecule has 0 bridgehead atoms. The summed E-state index contributed by atoms with van der Waals surface area (Å²) in [6.07, 6.45) is 5.76. The fraction of sp³-hybridized carbons (Fsp3) is 0.750. The van der Waals surface area contributed by atoms with E-state index in [9.17, 15) is 0 Å². The summed E-state index contributed by atoms with van der Waals surface area (Å²) in [6, 6.07) is 0. The Hall–Kier alpha value is 0.470. The van der Waals surface area contributed by atoms with E-state index in [0.29, 0.717) is 5.16 Å². The van der Waals surface area contributed by atoms with E-state index in [4.69, 9.17) is 0 Å². The first kappa shape index (κ1) is 14.5. The second-order valence-corrected chi connectivity index (χ2v) is 13.4. The van der Waals surface area contributed by atoms with Crippen molar-refractivity contribution in [2.24, 2.45) is 0 Å². The Kier molecular flexibility index (Phi) is 5.71. The van der Waals surface area contributed by atoms with Gasteiger partial charge in [-0.3, -0.25) is 0 Å². The molecule has 0 aromatic carbocycles. The van der Waals surface area contributed by atoms with Crippen molar-refractivity contribution in [3.63, 3.8) is 0 Å². The molecule has 0 fully saturated rings. The van der Waals surface area contributed by atoms with Crippen molar-refractivity contribution < 1.29 is 0 Å². The van der Waals surface area contributed by atoms with Crippen molar-refractivity contribution in [2.75, 3.05) is 26.2 Å². The van der Waals surface area contributed by atoms with Crippen LogP contribution in [0.4, 0.5) is 0 Å². The highest BCUT2D eigenvalue weighted by molar-refractivity contribution is 7.92. The zero-order valence-electron chi connectivity index (χ0n) is 10.8. The van der Waals surface area contributed by atoms with Gasteiger partial charge in [0.05, 0.1) is 0 Å². The quantitative estimate of drug-likeness (QED) is 0.496. The Balaban J connectivity index is 4.76. The van der Waals surface area contributed by atoms with Crippen LogP contribution in [0.1, 0.15) is 27.7 Å². The molecule has 0 nitrogen and oxygen atoms in total. The van der Waals surface area contributed by atoms with Crippen molar-refractivity contribution in [1.29, 1.82) is 0 Å². The maximum Gasteiger partial charge on any atom is -0.0105 e. The largest absolute Gasteiger partial charge is 0.113 e. The van der Waals surface area contributed by atoms with Gasteiger partial charge in [0.2, 0.25) is 0 Å². The van der Waals surface area contributed by atoms with Crippen LogP contribution in [0.15, 0.2) is 12.2 Å². The maximum atomic E-state index is 2.67. The van der Waals surface area contributed by atoms with Gasteiger partial charge in [-0.25, -0.2) is 0 Å². The normalized spacial score (nSPS) is 15.9. The van der Waals surface area contributed by atoms with Crippen LogP contribution in [0.3, 0.4) is 0 Å². The summed E-state index contributed by atoms with van der Waals surface area (Å²) in [6.45, 7) is 15.7. The zero-order valence-corrected chi connectivity index (χ0v) is 12.6. The van der Waals surface area contributed by atoms with Crippen LogP contribution in [0, 0.1) is 0 Å². The van der Waals surface area contributed by atoms with Gasteiger partial charge in [-0.2, -0.15) is 0 Å². The van der Waals surface area contributed by atoms with E-state index in [2.05, 4.69) is 65.4 Å². The van der Waals surface area contributed by atoms with Gasteiger partial charge in [-0.05, 0) is 38.2 Å². The first-order valence-corrected chi connectivity index (χ1v) is 10.0. The van der Waals surface area contributed by atoms with Crippen molar-refractivity contribution in [2.45, 2.75) is 32.9 Å². The molecule has 84 valence electrons. The van der Waals surface area contributed by atoms with Gasteiger partial charge in [0, 0.05) is 0 Å². The molecule has 0 aromatic rings. The van der Waals surface area contributed by atoms with Crippen molar-refractivity contribution >= 4 is 20.3 Å². The highest BCUT2D eigenvalue weighted by atomic mass is 31.2. The lowest BCUT2D eigenvalue weighted by atomic mass is 10.3. The third-order valence-electron chi connectivity index (χ3n) is 1.89. The molecule has 0 radical (unpaired) electrons. The van der Waals surface area contributed by atoms with E-state index in [1.54, 1.807) is 0 Å². The minimum Gasteiger partial charge on any atom is -0.113 e. The summed E-state index contributed by atoms with van der Waals surface area (Å²) in [7, 11) is 0.0419. The summed E-state index contributed by atoms with van der Waals surface area (Å²) >= 11 is 0. The minimum atomic E-state index is -0.739. The monoisotopic (exact) mass is 232 g/mol. The van der Waals surface area contributed by atoms with Crippen molar-refractivity contribution in [3.8, 4) is 0 Å². The van der Waals surface area contributed by atoms with Crippen LogP contribution in [-0.2, 0) is 0 Å². The Morgan fingerprint density at radius 3 is 1.93 bits per heavy atom. The van der Waals surface area contributed by atoms with Gasteiger partial charge < -0.3 is 0 Å². The van der Waals surface area contributed by atoms with Crippen LogP contribution in [0.25, 0.3) is 0 Å². The van der Waals surface area contributed by atoms with Crippen LogP contribution in [-0.4, -0.2) is 36.9 Å². The molecule has 0 aliphatic rings. The van der Waals surface area contributed by atoms with Crippen molar-refractivity contribution in [3.05, 3.63) is 12.2 Å². The summed E-state index contributed by atoms with van der Waals surface area (Å²) in [4.78, 5) is 0. The maximum absolute atomic E-state index is 2.67. The first-order chi connectivity index (χ1) is 6.17. The molecule has 0 heterocycles. The fourth-order valence-electron chi connectivity index (χ4n) is 1.13. The Morgan fingerprint density at radius 1 is 1.14 bits per heavy atom. The SMILES string of the molecule is C/C=C\CP(C=P(C)(C)C)C(C)(C)C. The topological polar surface area (TPSA) is 0 Å². The Labute approximate surface area is 91.9 Å². The van der Waals surface area contributed by atoms with Crippen LogP contribution in [0.2, 0.25) is 0 Å². The van der Waals surface area contributed by atoms with E-state index in [1.807, 2.05) is 0 Å². The Morgan fingerprint density at radius 2 is 1.64 bits per heavy atom. The number of rotatable bonds is 3. The molecule has 0 rings (SSSR count). The van der Waals surface area contributed by atoms with Crippen molar-refractivity contribution in [1.82, 2.24) is 0 Å². The molecule has 0 aliphatic carbocycles. The lowest BCUT2D eigenvalue weighted by molar-refractivity contribution is 0.791. The van der Waals surface area contributed by atoms with Gasteiger partial charge >= 0.3 is 0 Å². The van der Waals surface area contributed by atoms with Gasteiger partial charge in [0.25, 0.3) is 0 Å². The lowest BCUT2D eigenvalue weighted by Gasteiger charge is -2.30. The van der Waals surface area contributed by atoms with Crippen LogP contribution in [0.5, 0.6) is 0 Å². The molecule has 14 heavy (non-hydrogen) atoms. The summed E-state index contributed by atoms with van der Waals surface area (Å²) in [5, 5.41) is 0.460. The van der Waals surface area contributed by atoms with E-state index >= 15 is 0 Å². The molecule has 2 heteroatoms. The summed E-state index contributed by atoms with van der Waals surface area (Å²) in [5.41, 5.74) is 2.67. The lowest BCUT2D eigenvalue weighted by Crippen LogP contribution is -2.13. The molecular weight excluding hydrogens is 206 g/mol. The average Bonchev–Trinajstić information content (AvgIpc) is 1.93. The van der Waals surface area contributed by atoms with Gasteiger partial charge in [0.1, 0.15) is 0 Å². The smallest absolute Gasteiger partial charge is 0.0105 e. The predicted octanol–water partition coefficient (Wildman–Crippen LogP) is 4.51. The van der Waals surface area contributed by atoms with E-state index in [0.717, 1.165) is 0 Å². The molecule has 1 atom stereocenters. The molecular formula is C12H26P2. The standard InChI is InChI=1S/C12H26P2/c1-8-9-10-13(12(2,3)4)11-14(5,6)7/h8-9,11H,10H2,1-7H3/b9-8-. The van der Waals surface area contributed by atoms with Gasteiger partial charge in [-0.15, -0.1) is 6.89 Å². The molecule has 0 aromatic heterocycles. The highest BCUT2D eigenvalue weighted by Gasteiger charge is 2.21. The average molecular weight is 232 g/mol. The molecule has 1 unspecified atom stereocenters. The number of hydrogen-bond donors (Lipinski definition) is 0. The first-order valence-electron chi connectivity index (χ1n) is 5.22. The van der Waals surface area contributed by atoms with E-state index < -0.39 is 6.89 Å². The minimum absolute atomic E-state index is 0.0419. The zero-order chi connectivity index (χ0) is 11.4. The van der Waals surface area contributed by atoms with Crippen LogP contribution < -0.4 is 0 Å². The summed E-state index contributed by atoms with van der Waals surface area (Å²) in [5.74, 6) is 0. The third kappa shape index (κ3) is 6.86. The fourth-order valence-corrected chi connectivity index (χ4v) is 7.22. The molecule has 0 spiro atoms. The van der Waals surface area contributed by atoms with E-state index in [1.165, 1.54) is 6.16 Å². The molecule has 0 saturated heterocycles. The summed E-state index contributed by atoms with van der Waals surface area (Å²) < 4.78 is 0. The number of hydrogen-bond acceptors (Lipinski definition) is 0. The van der Waals surface area contributed by atoms with Gasteiger partial charge in [0.15, 0.2) is 0 Å². The highest BCUT2D eigenvalue weighted by Crippen LogP contribution is 2.52. The number of allylic oxidation sites excluding steroid dienone is 2.